The van der Waals surface area contributed by atoms with E-state index in [1.807, 2.05) is 6.92 Å². The van der Waals surface area contributed by atoms with Gasteiger partial charge in [-0.05, 0) is 25.4 Å². The highest BCUT2D eigenvalue weighted by Gasteiger charge is 2.28. The van der Waals surface area contributed by atoms with Crippen molar-refractivity contribution in [1.29, 1.82) is 0 Å². The largest absolute Gasteiger partial charge is 0.462 e. The number of carbonyl (C=O) groups is 1. The lowest BCUT2D eigenvalue weighted by Gasteiger charge is -2.34. The van der Waals surface area contributed by atoms with Crippen molar-refractivity contribution in [3.05, 3.63) is 5.56 Å². The molecule has 7 heteroatoms. The first kappa shape index (κ1) is 13.1. The third-order valence-corrected chi connectivity index (χ3v) is 3.71. The van der Waals surface area contributed by atoms with Crippen molar-refractivity contribution in [1.82, 2.24) is 4.37 Å². The lowest BCUT2D eigenvalue weighted by atomic mass is 10.2. The maximum atomic E-state index is 11.9. The number of nitrogens with two attached hydrogens (primary N) is 1. The van der Waals surface area contributed by atoms with Gasteiger partial charge in [0.1, 0.15) is 10.6 Å². The number of nitrogen functional groups attached to an aromatic ring is 1. The molecule has 100 valence electrons. The van der Waals surface area contributed by atoms with Gasteiger partial charge in [-0.1, -0.05) is 0 Å². The van der Waals surface area contributed by atoms with Crippen LogP contribution in [0.5, 0.6) is 0 Å². The molecule has 1 fully saturated rings. The van der Waals surface area contributed by atoms with Gasteiger partial charge in [0.2, 0.25) is 0 Å². The van der Waals surface area contributed by atoms with Crippen LogP contribution in [0.2, 0.25) is 0 Å². The van der Waals surface area contributed by atoms with Crippen LogP contribution in [0, 0.1) is 0 Å². The first-order valence-electron chi connectivity index (χ1n) is 5.91. The topological polar surface area (TPSA) is 77.7 Å². The Balaban J connectivity index is 2.30. The molecule has 1 aromatic heterocycles. The predicted molar refractivity (Wildman–Crippen MR) is 70.1 cm³/mol. The van der Waals surface area contributed by atoms with E-state index in [9.17, 15) is 4.79 Å². The van der Waals surface area contributed by atoms with E-state index >= 15 is 0 Å². The molecule has 0 aliphatic carbocycles. The Kier molecular flexibility index (Phi) is 4.03. The summed E-state index contributed by atoms with van der Waals surface area (Å²) in [6, 6.07) is 0.201. The minimum atomic E-state index is -0.405. The molecule has 1 saturated heterocycles. The van der Waals surface area contributed by atoms with Crippen LogP contribution in [0.25, 0.3) is 0 Å². The summed E-state index contributed by atoms with van der Waals surface area (Å²) >= 11 is 1.24. The summed E-state index contributed by atoms with van der Waals surface area (Å²) in [6.45, 7) is 6.15. The van der Waals surface area contributed by atoms with E-state index in [2.05, 4.69) is 9.27 Å². The first-order valence-corrected chi connectivity index (χ1v) is 6.69. The second kappa shape index (κ2) is 5.53. The second-order valence-electron chi connectivity index (χ2n) is 4.09. The van der Waals surface area contributed by atoms with Gasteiger partial charge in [0, 0.05) is 6.54 Å². The number of nitrogens with zero attached hydrogens (tertiary/aromatic N) is 2. The second-order valence-corrected chi connectivity index (χ2v) is 4.84. The van der Waals surface area contributed by atoms with Gasteiger partial charge in [0.05, 0.1) is 25.9 Å². The van der Waals surface area contributed by atoms with E-state index in [0.29, 0.717) is 25.4 Å². The summed E-state index contributed by atoms with van der Waals surface area (Å²) < 4.78 is 14.5. The molecule has 1 atom stereocenters. The summed E-state index contributed by atoms with van der Waals surface area (Å²) in [5.74, 6) is -0.162. The minimum Gasteiger partial charge on any atom is -0.462 e. The lowest BCUT2D eigenvalue weighted by Crippen LogP contribution is -2.43. The van der Waals surface area contributed by atoms with E-state index < -0.39 is 5.97 Å². The molecule has 1 aliphatic rings. The molecule has 1 aliphatic heterocycles. The highest BCUT2D eigenvalue weighted by molar-refractivity contribution is 7.11. The van der Waals surface area contributed by atoms with E-state index in [1.165, 1.54) is 11.5 Å². The van der Waals surface area contributed by atoms with E-state index in [4.69, 9.17) is 15.2 Å². The fraction of sp³-hybridized carbons (Fsp3) is 0.636. The first-order chi connectivity index (χ1) is 8.65. The van der Waals surface area contributed by atoms with Crippen LogP contribution in [0.1, 0.15) is 24.2 Å². The van der Waals surface area contributed by atoms with Gasteiger partial charge in [-0.3, -0.25) is 0 Å². The zero-order valence-corrected chi connectivity index (χ0v) is 11.3. The third kappa shape index (κ3) is 2.41. The maximum absolute atomic E-state index is 11.9. The predicted octanol–water partition coefficient (Wildman–Crippen LogP) is 1.13. The molecule has 0 aromatic carbocycles. The van der Waals surface area contributed by atoms with Crippen LogP contribution in [-0.4, -0.2) is 42.8 Å². The van der Waals surface area contributed by atoms with Crippen molar-refractivity contribution < 1.29 is 14.3 Å². The quantitative estimate of drug-likeness (QED) is 0.830. The van der Waals surface area contributed by atoms with Gasteiger partial charge in [-0.15, -0.1) is 0 Å². The number of hydrogen-bond donors (Lipinski definition) is 1. The summed E-state index contributed by atoms with van der Waals surface area (Å²) in [5, 5.41) is 0.779. The molecule has 1 aromatic rings. The van der Waals surface area contributed by atoms with Crippen molar-refractivity contribution in [2.45, 2.75) is 19.9 Å². The Hall–Kier alpha value is -1.34. The molecule has 2 N–H and O–H groups in total. The Bertz CT molecular complexity index is 435. The molecule has 0 radical (unpaired) electrons. The van der Waals surface area contributed by atoms with Gasteiger partial charge in [0.25, 0.3) is 0 Å². The van der Waals surface area contributed by atoms with E-state index in [-0.39, 0.29) is 11.9 Å². The zero-order chi connectivity index (χ0) is 13.1. The average Bonchev–Trinajstić information content (AvgIpc) is 2.72. The van der Waals surface area contributed by atoms with E-state index in [0.717, 1.165) is 11.5 Å². The van der Waals surface area contributed by atoms with Crippen molar-refractivity contribution in [3.8, 4) is 0 Å². The molecule has 0 saturated carbocycles. The fourth-order valence-electron chi connectivity index (χ4n) is 1.91. The number of esters is 1. The average molecular weight is 271 g/mol. The van der Waals surface area contributed by atoms with Crippen molar-refractivity contribution in [2.24, 2.45) is 0 Å². The summed E-state index contributed by atoms with van der Waals surface area (Å²) in [7, 11) is 0. The SMILES string of the molecule is CCOC(=O)c1c(N)nsc1N1CCOCC1C. The molecule has 2 heterocycles. The summed E-state index contributed by atoms with van der Waals surface area (Å²) in [4.78, 5) is 14.0. The Morgan fingerprint density at radius 1 is 1.72 bits per heavy atom. The van der Waals surface area contributed by atoms with Gasteiger partial charge in [-0.25, -0.2) is 4.79 Å². The Morgan fingerprint density at radius 2 is 2.50 bits per heavy atom. The van der Waals surface area contributed by atoms with Gasteiger partial charge >= 0.3 is 5.97 Å². The van der Waals surface area contributed by atoms with Crippen molar-refractivity contribution in [3.63, 3.8) is 0 Å². The zero-order valence-electron chi connectivity index (χ0n) is 10.5. The van der Waals surface area contributed by atoms with Crippen LogP contribution in [-0.2, 0) is 9.47 Å². The van der Waals surface area contributed by atoms with Gasteiger partial charge < -0.3 is 20.1 Å². The van der Waals surface area contributed by atoms with E-state index in [1.54, 1.807) is 6.92 Å². The number of carbonyl (C=O) groups excluding carboxylic acids is 1. The molecule has 0 amide bonds. The number of anilines is 2. The highest BCUT2D eigenvalue weighted by atomic mass is 32.1. The van der Waals surface area contributed by atoms with Crippen LogP contribution < -0.4 is 10.6 Å². The van der Waals surface area contributed by atoms with Gasteiger partial charge in [-0.2, -0.15) is 4.37 Å². The molecule has 0 spiro atoms. The molecule has 18 heavy (non-hydrogen) atoms. The Labute approximate surface area is 110 Å². The number of morpholine rings is 1. The normalized spacial score (nSPS) is 19.9. The van der Waals surface area contributed by atoms with Crippen LogP contribution in [0.3, 0.4) is 0 Å². The number of aromatic nitrogens is 1. The van der Waals surface area contributed by atoms with Crippen molar-refractivity contribution in [2.75, 3.05) is 37.0 Å². The number of ether oxygens (including phenoxy) is 2. The lowest BCUT2D eigenvalue weighted by molar-refractivity contribution is 0.0527. The fourth-order valence-corrected chi connectivity index (χ4v) is 2.84. The van der Waals surface area contributed by atoms with Crippen LogP contribution in [0.4, 0.5) is 10.8 Å². The third-order valence-electron chi connectivity index (χ3n) is 2.81. The minimum absolute atomic E-state index is 0.201. The van der Waals surface area contributed by atoms with Crippen LogP contribution >= 0.6 is 11.5 Å². The molecular formula is C11H17N3O3S. The number of rotatable bonds is 3. The standard InChI is InChI=1S/C11H17N3O3S/c1-3-17-11(15)8-9(12)13-18-10(8)14-4-5-16-6-7(14)2/h7H,3-6H2,1-2H3,(H2,12,13). The van der Waals surface area contributed by atoms with Gasteiger partial charge in [0.15, 0.2) is 5.82 Å². The van der Waals surface area contributed by atoms with Crippen molar-refractivity contribution >= 4 is 28.3 Å². The molecule has 1 unspecified atom stereocenters. The Morgan fingerprint density at radius 3 is 3.17 bits per heavy atom. The molecule has 6 nitrogen and oxygen atoms in total. The molecular weight excluding hydrogens is 254 g/mol. The summed E-state index contributed by atoms with van der Waals surface area (Å²) in [6.07, 6.45) is 0. The summed E-state index contributed by atoms with van der Waals surface area (Å²) in [5.41, 5.74) is 6.15. The smallest absolute Gasteiger partial charge is 0.345 e. The number of hydrogen-bond acceptors (Lipinski definition) is 7. The van der Waals surface area contributed by atoms with Crippen LogP contribution in [0.15, 0.2) is 0 Å². The monoisotopic (exact) mass is 271 g/mol. The molecule has 0 bridgehead atoms. The molecule has 2 rings (SSSR count). The maximum Gasteiger partial charge on any atom is 0.345 e. The highest BCUT2D eigenvalue weighted by Crippen LogP contribution is 2.33.